The van der Waals surface area contributed by atoms with Crippen molar-refractivity contribution in [3.05, 3.63) is 58.9 Å². The summed E-state index contributed by atoms with van der Waals surface area (Å²) in [7, 11) is -3.41. The van der Waals surface area contributed by atoms with E-state index in [1.807, 2.05) is 30.0 Å². The molecule has 0 radical (unpaired) electrons. The maximum absolute atomic E-state index is 14.6. The Labute approximate surface area is 196 Å². The molecule has 0 atom stereocenters. The average Bonchev–Trinajstić information content (AvgIpc) is 2.83. The van der Waals surface area contributed by atoms with Crippen LogP contribution in [0.5, 0.6) is 0 Å². The largest absolute Gasteiger partial charge is 0.366 e. The molecule has 1 heterocycles. The third-order valence-corrected chi connectivity index (χ3v) is 8.17. The summed E-state index contributed by atoms with van der Waals surface area (Å²) in [4.78, 5) is 17.5. The highest BCUT2D eigenvalue weighted by Gasteiger charge is 2.28. The Morgan fingerprint density at radius 3 is 2.30 bits per heavy atom. The lowest BCUT2D eigenvalue weighted by molar-refractivity contribution is 0.0744. The highest BCUT2D eigenvalue weighted by molar-refractivity contribution is 7.90. The summed E-state index contributed by atoms with van der Waals surface area (Å²) >= 11 is 0. The zero-order chi connectivity index (χ0) is 23.6. The van der Waals surface area contributed by atoms with Crippen molar-refractivity contribution in [1.82, 2.24) is 4.90 Å². The molecular formula is C26H33FN2O3S. The second-order valence-electron chi connectivity index (χ2n) is 9.27. The predicted molar refractivity (Wildman–Crippen MR) is 129 cm³/mol. The molecule has 0 aromatic heterocycles. The number of nitrogens with zero attached hydrogens (tertiary/aromatic N) is 2. The van der Waals surface area contributed by atoms with Gasteiger partial charge in [0.25, 0.3) is 5.91 Å². The number of carbonyl (C=O) groups excluding carboxylic acids is 1. The van der Waals surface area contributed by atoms with Gasteiger partial charge in [0.2, 0.25) is 0 Å². The number of rotatable bonds is 5. The molecule has 5 nitrogen and oxygen atoms in total. The third kappa shape index (κ3) is 5.24. The maximum Gasteiger partial charge on any atom is 0.254 e. The van der Waals surface area contributed by atoms with Gasteiger partial charge in [-0.3, -0.25) is 4.79 Å². The topological polar surface area (TPSA) is 57.7 Å². The zero-order valence-corrected chi connectivity index (χ0v) is 20.3. The van der Waals surface area contributed by atoms with Crippen LogP contribution >= 0.6 is 0 Å². The highest BCUT2D eigenvalue weighted by Crippen LogP contribution is 2.36. The molecule has 1 aliphatic carbocycles. The number of amides is 1. The molecule has 1 amide bonds. The summed E-state index contributed by atoms with van der Waals surface area (Å²) in [6.07, 6.45) is 7.49. The van der Waals surface area contributed by atoms with Crippen LogP contribution in [0.25, 0.3) is 0 Å². The van der Waals surface area contributed by atoms with Gasteiger partial charge >= 0.3 is 0 Å². The lowest BCUT2D eigenvalue weighted by Gasteiger charge is -2.37. The van der Waals surface area contributed by atoms with E-state index in [9.17, 15) is 17.6 Å². The Hall–Kier alpha value is -2.41. The minimum atomic E-state index is -3.41. The number of carbonyl (C=O) groups is 1. The molecule has 0 bridgehead atoms. The second-order valence-corrected chi connectivity index (χ2v) is 11.3. The van der Waals surface area contributed by atoms with Crippen LogP contribution in [0, 0.1) is 5.82 Å². The van der Waals surface area contributed by atoms with E-state index in [1.54, 1.807) is 23.1 Å². The van der Waals surface area contributed by atoms with Crippen molar-refractivity contribution >= 4 is 21.4 Å². The van der Waals surface area contributed by atoms with Crippen molar-refractivity contribution < 1.29 is 17.6 Å². The number of anilines is 1. The van der Waals surface area contributed by atoms with E-state index in [-0.39, 0.29) is 16.6 Å². The average molecular weight is 473 g/mol. The first kappa shape index (κ1) is 23.7. The quantitative estimate of drug-likeness (QED) is 0.627. The monoisotopic (exact) mass is 472 g/mol. The van der Waals surface area contributed by atoms with E-state index in [1.165, 1.54) is 12.7 Å². The Kier molecular flexibility index (Phi) is 7.07. The van der Waals surface area contributed by atoms with Crippen LogP contribution in [-0.2, 0) is 16.3 Å². The van der Waals surface area contributed by atoms with Gasteiger partial charge in [0, 0.05) is 38.0 Å². The molecule has 1 aliphatic heterocycles. The van der Waals surface area contributed by atoms with Crippen LogP contribution in [0.3, 0.4) is 0 Å². The fourth-order valence-corrected chi connectivity index (χ4v) is 5.72. The van der Waals surface area contributed by atoms with Crippen LogP contribution in [0.4, 0.5) is 10.1 Å². The Balaban J connectivity index is 1.55. The Morgan fingerprint density at radius 1 is 1.00 bits per heavy atom. The molecule has 178 valence electrons. The summed E-state index contributed by atoms with van der Waals surface area (Å²) in [5.41, 5.74) is 3.01. The van der Waals surface area contributed by atoms with Crippen LogP contribution in [-0.4, -0.2) is 51.7 Å². The molecule has 0 unspecified atom stereocenters. The minimum absolute atomic E-state index is 0.123. The molecule has 0 spiro atoms. The SMILES string of the molecule is CCc1ccc(N2CCN(C(=O)c3cc(S(C)(=O)=O)ccc3C3CCCCC3)CC2)c(F)c1. The standard InChI is InChI=1S/C26H33FN2O3S/c1-3-19-9-12-25(24(27)17-19)28-13-15-29(16-14-28)26(30)23-18-21(33(2,31)32)10-11-22(23)20-7-5-4-6-8-20/h9-12,17-18,20H,3-8,13-16H2,1-2H3. The van der Waals surface area contributed by atoms with Gasteiger partial charge in [0.05, 0.1) is 10.6 Å². The lowest BCUT2D eigenvalue weighted by atomic mass is 9.82. The highest BCUT2D eigenvalue weighted by atomic mass is 32.2. The normalized spacial score (nSPS) is 17.9. The first-order chi connectivity index (χ1) is 15.8. The van der Waals surface area contributed by atoms with E-state index < -0.39 is 9.84 Å². The molecule has 2 aromatic rings. The number of aryl methyl sites for hydroxylation is 1. The van der Waals surface area contributed by atoms with Crippen molar-refractivity contribution in [2.75, 3.05) is 37.3 Å². The van der Waals surface area contributed by atoms with Crippen LogP contribution < -0.4 is 4.90 Å². The smallest absolute Gasteiger partial charge is 0.254 e. The zero-order valence-electron chi connectivity index (χ0n) is 19.5. The minimum Gasteiger partial charge on any atom is -0.366 e. The van der Waals surface area contributed by atoms with E-state index in [0.717, 1.165) is 43.2 Å². The molecule has 2 aliphatic rings. The van der Waals surface area contributed by atoms with Gasteiger partial charge in [0.15, 0.2) is 9.84 Å². The van der Waals surface area contributed by atoms with Crippen molar-refractivity contribution in [2.24, 2.45) is 0 Å². The van der Waals surface area contributed by atoms with E-state index in [4.69, 9.17) is 0 Å². The van der Waals surface area contributed by atoms with Crippen molar-refractivity contribution in [3.63, 3.8) is 0 Å². The number of sulfone groups is 1. The molecule has 2 aromatic carbocycles. The predicted octanol–water partition coefficient (Wildman–Crippen LogP) is 4.80. The van der Waals surface area contributed by atoms with Crippen LogP contribution in [0.2, 0.25) is 0 Å². The van der Waals surface area contributed by atoms with E-state index in [0.29, 0.717) is 43.3 Å². The summed E-state index contributed by atoms with van der Waals surface area (Å²) in [5.74, 6) is -0.0594. The third-order valence-electron chi connectivity index (χ3n) is 7.06. The summed E-state index contributed by atoms with van der Waals surface area (Å²) in [5, 5.41) is 0. The number of hydrogen-bond acceptors (Lipinski definition) is 4. The van der Waals surface area contributed by atoms with Gasteiger partial charge in [-0.2, -0.15) is 0 Å². The fraction of sp³-hybridized carbons (Fsp3) is 0.500. The van der Waals surface area contributed by atoms with Gasteiger partial charge < -0.3 is 9.80 Å². The van der Waals surface area contributed by atoms with Gasteiger partial charge in [-0.1, -0.05) is 38.3 Å². The van der Waals surface area contributed by atoms with Crippen molar-refractivity contribution in [1.29, 1.82) is 0 Å². The molecule has 1 saturated carbocycles. The van der Waals surface area contributed by atoms with E-state index >= 15 is 0 Å². The maximum atomic E-state index is 14.6. The fourth-order valence-electron chi connectivity index (χ4n) is 5.07. The Bertz CT molecular complexity index is 1120. The van der Waals surface area contributed by atoms with Crippen molar-refractivity contribution in [2.45, 2.75) is 56.3 Å². The van der Waals surface area contributed by atoms with Gasteiger partial charge in [-0.25, -0.2) is 12.8 Å². The number of halogens is 1. The molecule has 1 saturated heterocycles. The van der Waals surface area contributed by atoms with E-state index in [2.05, 4.69) is 0 Å². The van der Waals surface area contributed by atoms with Crippen molar-refractivity contribution in [3.8, 4) is 0 Å². The van der Waals surface area contributed by atoms with Crippen LogP contribution in [0.15, 0.2) is 41.3 Å². The summed E-state index contributed by atoms with van der Waals surface area (Å²) in [6, 6.07) is 10.4. The first-order valence-corrected chi connectivity index (χ1v) is 13.8. The van der Waals surface area contributed by atoms with Crippen LogP contribution in [0.1, 0.15) is 66.4 Å². The number of hydrogen-bond donors (Lipinski definition) is 0. The van der Waals surface area contributed by atoms with Gasteiger partial charge in [-0.05, 0) is 60.6 Å². The molecular weight excluding hydrogens is 439 g/mol. The Morgan fingerprint density at radius 2 is 1.70 bits per heavy atom. The second kappa shape index (κ2) is 9.84. The first-order valence-electron chi connectivity index (χ1n) is 11.9. The summed E-state index contributed by atoms with van der Waals surface area (Å²) < 4.78 is 38.9. The lowest BCUT2D eigenvalue weighted by Crippen LogP contribution is -2.49. The molecule has 2 fully saturated rings. The molecule has 0 N–H and O–H groups in total. The van der Waals surface area contributed by atoms with Gasteiger partial charge in [0.1, 0.15) is 5.82 Å². The molecule has 7 heteroatoms. The molecule has 4 rings (SSSR count). The number of benzene rings is 2. The number of piperazine rings is 1. The summed E-state index contributed by atoms with van der Waals surface area (Å²) in [6.45, 7) is 4.03. The van der Waals surface area contributed by atoms with Gasteiger partial charge in [-0.15, -0.1) is 0 Å². The molecule has 33 heavy (non-hydrogen) atoms.